The third-order valence-corrected chi connectivity index (χ3v) is 3.57. The van der Waals surface area contributed by atoms with Crippen molar-refractivity contribution in [2.75, 3.05) is 25.0 Å². The van der Waals surface area contributed by atoms with Crippen molar-refractivity contribution >= 4 is 5.82 Å². The molecule has 19 heavy (non-hydrogen) atoms. The third-order valence-electron chi connectivity index (χ3n) is 3.57. The monoisotopic (exact) mass is 264 g/mol. The molecule has 5 heteroatoms. The molecule has 0 saturated carbocycles. The smallest absolute Gasteiger partial charge is 0.293 e. The number of hydrogen-bond acceptors (Lipinski definition) is 4. The van der Waals surface area contributed by atoms with Crippen molar-refractivity contribution in [3.8, 4) is 0 Å². The third kappa shape index (κ3) is 3.56. The summed E-state index contributed by atoms with van der Waals surface area (Å²) >= 11 is 0. The van der Waals surface area contributed by atoms with Gasteiger partial charge in [-0.15, -0.1) is 0 Å². The van der Waals surface area contributed by atoms with Crippen LogP contribution in [0.2, 0.25) is 0 Å². The quantitative estimate of drug-likeness (QED) is 0.863. The first-order valence-corrected chi connectivity index (χ1v) is 7.01. The van der Waals surface area contributed by atoms with Gasteiger partial charge in [0.15, 0.2) is 5.82 Å². The Kier molecular flexibility index (Phi) is 4.24. The molecule has 0 radical (unpaired) electrons. The summed E-state index contributed by atoms with van der Waals surface area (Å²) in [5, 5.41) is 6.53. The van der Waals surface area contributed by atoms with Crippen LogP contribution in [0.5, 0.6) is 0 Å². The first kappa shape index (κ1) is 14.1. The molecule has 106 valence electrons. The summed E-state index contributed by atoms with van der Waals surface area (Å²) < 4.78 is 1.72. The number of anilines is 1. The SMILES string of the molecule is CC(C)(C)n1ccnc(NCCC2CCNC2)c1=O. The zero-order valence-electron chi connectivity index (χ0n) is 12.1. The highest BCUT2D eigenvalue weighted by atomic mass is 16.1. The van der Waals surface area contributed by atoms with Crippen molar-refractivity contribution in [2.45, 2.75) is 39.2 Å². The molecular weight excluding hydrogens is 240 g/mol. The Bertz CT molecular complexity index is 469. The molecule has 1 fully saturated rings. The van der Waals surface area contributed by atoms with E-state index >= 15 is 0 Å². The molecule has 1 aromatic rings. The zero-order chi connectivity index (χ0) is 13.9. The molecule has 0 spiro atoms. The predicted molar refractivity (Wildman–Crippen MR) is 77.6 cm³/mol. The number of aromatic nitrogens is 2. The van der Waals surface area contributed by atoms with E-state index in [1.807, 2.05) is 20.8 Å². The van der Waals surface area contributed by atoms with Gasteiger partial charge in [0.1, 0.15) is 0 Å². The van der Waals surface area contributed by atoms with Crippen molar-refractivity contribution < 1.29 is 0 Å². The Morgan fingerprint density at radius 1 is 1.53 bits per heavy atom. The highest BCUT2D eigenvalue weighted by Gasteiger charge is 2.17. The lowest BCUT2D eigenvalue weighted by Crippen LogP contribution is -2.35. The Morgan fingerprint density at radius 2 is 2.32 bits per heavy atom. The largest absolute Gasteiger partial charge is 0.365 e. The number of nitrogens with one attached hydrogen (secondary N) is 2. The van der Waals surface area contributed by atoms with Crippen LogP contribution >= 0.6 is 0 Å². The summed E-state index contributed by atoms with van der Waals surface area (Å²) in [6.07, 6.45) is 5.75. The van der Waals surface area contributed by atoms with E-state index in [0.717, 1.165) is 32.0 Å². The van der Waals surface area contributed by atoms with Gasteiger partial charge in [-0.1, -0.05) is 0 Å². The van der Waals surface area contributed by atoms with Crippen molar-refractivity contribution in [1.29, 1.82) is 0 Å². The van der Waals surface area contributed by atoms with Crippen molar-refractivity contribution in [1.82, 2.24) is 14.9 Å². The molecule has 1 aliphatic rings. The van der Waals surface area contributed by atoms with Crippen LogP contribution in [-0.4, -0.2) is 29.2 Å². The van der Waals surface area contributed by atoms with Crippen LogP contribution in [0.1, 0.15) is 33.6 Å². The molecule has 1 aliphatic heterocycles. The van der Waals surface area contributed by atoms with Gasteiger partial charge >= 0.3 is 0 Å². The van der Waals surface area contributed by atoms with Crippen LogP contribution in [0.3, 0.4) is 0 Å². The van der Waals surface area contributed by atoms with Crippen molar-refractivity contribution in [3.05, 3.63) is 22.7 Å². The van der Waals surface area contributed by atoms with E-state index in [-0.39, 0.29) is 11.1 Å². The molecule has 0 amide bonds. The lowest BCUT2D eigenvalue weighted by Gasteiger charge is -2.22. The number of hydrogen-bond donors (Lipinski definition) is 2. The van der Waals surface area contributed by atoms with Gasteiger partial charge in [-0.05, 0) is 52.6 Å². The van der Waals surface area contributed by atoms with E-state index in [2.05, 4.69) is 15.6 Å². The second kappa shape index (κ2) is 5.74. The van der Waals surface area contributed by atoms with E-state index in [9.17, 15) is 4.79 Å². The molecular formula is C14H24N4O. The van der Waals surface area contributed by atoms with Gasteiger partial charge in [0.25, 0.3) is 5.56 Å². The van der Waals surface area contributed by atoms with E-state index in [1.54, 1.807) is 17.0 Å². The van der Waals surface area contributed by atoms with Gasteiger partial charge in [0.05, 0.1) is 0 Å². The zero-order valence-corrected chi connectivity index (χ0v) is 12.1. The van der Waals surface area contributed by atoms with Crippen LogP contribution in [-0.2, 0) is 5.54 Å². The molecule has 1 saturated heterocycles. The van der Waals surface area contributed by atoms with Gasteiger partial charge in [0.2, 0.25) is 0 Å². The summed E-state index contributed by atoms with van der Waals surface area (Å²) in [6, 6.07) is 0. The van der Waals surface area contributed by atoms with Gasteiger partial charge in [-0.2, -0.15) is 0 Å². The number of rotatable bonds is 4. The summed E-state index contributed by atoms with van der Waals surface area (Å²) in [6.45, 7) is 9.07. The maximum absolute atomic E-state index is 12.3. The molecule has 5 nitrogen and oxygen atoms in total. The van der Waals surface area contributed by atoms with E-state index in [4.69, 9.17) is 0 Å². The van der Waals surface area contributed by atoms with Crippen LogP contribution in [0.25, 0.3) is 0 Å². The Balaban J connectivity index is 1.98. The fourth-order valence-corrected chi connectivity index (χ4v) is 2.42. The predicted octanol–water partition coefficient (Wildman–Crippen LogP) is 1.41. The van der Waals surface area contributed by atoms with E-state index < -0.39 is 0 Å². The Hall–Kier alpha value is -1.36. The van der Waals surface area contributed by atoms with Crippen LogP contribution in [0.4, 0.5) is 5.82 Å². The lowest BCUT2D eigenvalue weighted by atomic mass is 10.1. The highest BCUT2D eigenvalue weighted by Crippen LogP contribution is 2.13. The normalized spacial score (nSPS) is 19.6. The summed E-state index contributed by atoms with van der Waals surface area (Å²) in [5.41, 5.74) is -0.259. The van der Waals surface area contributed by atoms with Crippen molar-refractivity contribution in [3.63, 3.8) is 0 Å². The van der Waals surface area contributed by atoms with Crippen LogP contribution in [0, 0.1) is 5.92 Å². The second-order valence-corrected chi connectivity index (χ2v) is 6.20. The first-order chi connectivity index (χ1) is 8.98. The van der Waals surface area contributed by atoms with Gasteiger partial charge in [-0.25, -0.2) is 4.98 Å². The van der Waals surface area contributed by atoms with Crippen molar-refractivity contribution in [2.24, 2.45) is 5.92 Å². The topological polar surface area (TPSA) is 59.0 Å². The molecule has 2 rings (SSSR count). The molecule has 0 aromatic carbocycles. The minimum absolute atomic E-state index is 0.0421. The molecule has 1 aromatic heterocycles. The molecule has 0 bridgehead atoms. The summed E-state index contributed by atoms with van der Waals surface area (Å²) in [7, 11) is 0. The average molecular weight is 264 g/mol. The van der Waals surface area contributed by atoms with Crippen LogP contribution < -0.4 is 16.2 Å². The van der Waals surface area contributed by atoms with E-state index in [0.29, 0.717) is 5.82 Å². The average Bonchev–Trinajstić information content (AvgIpc) is 2.83. The maximum Gasteiger partial charge on any atom is 0.293 e. The number of nitrogens with zero attached hydrogens (tertiary/aromatic N) is 2. The van der Waals surface area contributed by atoms with E-state index in [1.165, 1.54) is 6.42 Å². The van der Waals surface area contributed by atoms with Gasteiger partial charge < -0.3 is 15.2 Å². The molecule has 2 N–H and O–H groups in total. The Labute approximate surface area is 114 Å². The second-order valence-electron chi connectivity index (χ2n) is 6.20. The Morgan fingerprint density at radius 3 is 2.95 bits per heavy atom. The highest BCUT2D eigenvalue weighted by molar-refractivity contribution is 5.31. The van der Waals surface area contributed by atoms with Gasteiger partial charge in [-0.3, -0.25) is 4.79 Å². The summed E-state index contributed by atoms with van der Waals surface area (Å²) in [5.74, 6) is 1.18. The molecule has 1 atom stereocenters. The molecule has 1 unspecified atom stereocenters. The fourth-order valence-electron chi connectivity index (χ4n) is 2.42. The van der Waals surface area contributed by atoms with Crippen LogP contribution in [0.15, 0.2) is 17.2 Å². The fraction of sp³-hybridized carbons (Fsp3) is 0.714. The minimum Gasteiger partial charge on any atom is -0.365 e. The first-order valence-electron chi connectivity index (χ1n) is 7.01. The van der Waals surface area contributed by atoms with Gasteiger partial charge in [0, 0.05) is 24.5 Å². The molecule has 2 heterocycles. The maximum atomic E-state index is 12.3. The minimum atomic E-state index is -0.216. The lowest BCUT2D eigenvalue weighted by molar-refractivity contribution is 0.383. The standard InChI is InChI=1S/C14H24N4O/c1-14(2,3)18-9-8-17-12(13(18)19)16-7-5-11-4-6-15-10-11/h8-9,11,15H,4-7,10H2,1-3H3,(H,16,17). The molecule has 0 aliphatic carbocycles. The summed E-state index contributed by atoms with van der Waals surface area (Å²) in [4.78, 5) is 16.4.